The van der Waals surface area contributed by atoms with Gasteiger partial charge in [-0.25, -0.2) is 4.98 Å². The summed E-state index contributed by atoms with van der Waals surface area (Å²) in [5, 5.41) is 4.35. The average Bonchev–Trinajstić information content (AvgIpc) is 2.88. The van der Waals surface area contributed by atoms with Gasteiger partial charge >= 0.3 is 0 Å². The standard InChI is InChI=1S/C31H47N3S/c1-4-5-6-7-8-9-10-11-12-13-14-15-16-17-18-19-25-22-29-31(24-28(25)33-3)35-30-23-26(32-2)20-21-27(30)34-29/h20-24,32H,4-19H2,1-3H3/b33-28-. The lowest BCUT2D eigenvalue weighted by molar-refractivity contribution is 0.532. The third kappa shape index (κ3) is 9.22. The van der Waals surface area contributed by atoms with Crippen molar-refractivity contribution in [1.29, 1.82) is 0 Å². The molecule has 0 unspecified atom stereocenters. The molecule has 0 saturated carbocycles. The molecule has 0 bridgehead atoms. The summed E-state index contributed by atoms with van der Waals surface area (Å²) in [6, 6.07) is 10.9. The summed E-state index contributed by atoms with van der Waals surface area (Å²) in [6.45, 7) is 2.29. The fourth-order valence-electron chi connectivity index (χ4n) is 4.96. The van der Waals surface area contributed by atoms with Crippen LogP contribution in [-0.2, 0) is 6.42 Å². The Balaban J connectivity index is 1.35. The second-order valence-electron chi connectivity index (χ2n) is 10.0. The van der Waals surface area contributed by atoms with Crippen LogP contribution in [-0.4, -0.2) is 19.1 Å². The Bertz CT molecular complexity index is 1040. The van der Waals surface area contributed by atoms with Gasteiger partial charge < -0.3 is 5.32 Å². The minimum Gasteiger partial charge on any atom is -0.388 e. The molecule has 1 N–H and O–H groups in total. The van der Waals surface area contributed by atoms with E-state index in [1.807, 2.05) is 14.1 Å². The van der Waals surface area contributed by atoms with E-state index in [2.05, 4.69) is 47.6 Å². The van der Waals surface area contributed by atoms with Crippen LogP contribution in [0.2, 0.25) is 0 Å². The number of aryl methyl sites for hydroxylation is 1. The molecular weight excluding hydrogens is 446 g/mol. The van der Waals surface area contributed by atoms with Crippen LogP contribution in [0.15, 0.2) is 35.3 Å². The summed E-state index contributed by atoms with van der Waals surface area (Å²) in [6.07, 6.45) is 22.2. The molecule has 0 spiro atoms. The quantitative estimate of drug-likeness (QED) is 0.150. The summed E-state index contributed by atoms with van der Waals surface area (Å²) in [5.74, 6) is 0. The first-order valence-corrected chi connectivity index (χ1v) is 15.0. The number of nitrogens with one attached hydrogen (secondary N) is 1. The summed E-state index contributed by atoms with van der Waals surface area (Å²) < 4.78 is 1.21. The van der Waals surface area contributed by atoms with Crippen molar-refractivity contribution in [3.8, 4) is 10.6 Å². The predicted octanol–water partition coefficient (Wildman–Crippen LogP) is 9.39. The highest BCUT2D eigenvalue weighted by atomic mass is 32.1. The van der Waals surface area contributed by atoms with Gasteiger partial charge in [-0.15, -0.1) is 11.3 Å². The molecule has 0 radical (unpaired) electrons. The number of nitrogens with zero attached hydrogens (tertiary/aromatic N) is 2. The maximum Gasteiger partial charge on any atom is 0.0814 e. The smallest absolute Gasteiger partial charge is 0.0814 e. The number of rotatable bonds is 17. The summed E-state index contributed by atoms with van der Waals surface area (Å²) >= 11 is 1.81. The summed E-state index contributed by atoms with van der Waals surface area (Å²) in [5.41, 5.74) is 4.64. The molecule has 0 atom stereocenters. The van der Waals surface area contributed by atoms with Crippen LogP contribution in [0, 0.1) is 0 Å². The molecule has 1 aliphatic heterocycles. The second-order valence-corrected chi connectivity index (χ2v) is 11.1. The van der Waals surface area contributed by atoms with E-state index in [1.54, 1.807) is 11.3 Å². The summed E-state index contributed by atoms with van der Waals surface area (Å²) in [4.78, 5) is 10.8. The van der Waals surface area contributed by atoms with Gasteiger partial charge in [0.15, 0.2) is 0 Å². The van der Waals surface area contributed by atoms with Gasteiger partial charge in [0.25, 0.3) is 0 Å². The van der Waals surface area contributed by atoms with E-state index < -0.39 is 0 Å². The molecule has 3 nitrogen and oxygen atoms in total. The molecule has 0 aromatic heterocycles. The number of anilines is 1. The van der Waals surface area contributed by atoms with Crippen LogP contribution in [0.5, 0.6) is 0 Å². The van der Waals surface area contributed by atoms with Crippen LogP contribution in [0.3, 0.4) is 0 Å². The lowest BCUT2D eigenvalue weighted by atomic mass is 10.0. The molecule has 0 saturated heterocycles. The van der Waals surface area contributed by atoms with Crippen LogP contribution >= 0.6 is 11.3 Å². The van der Waals surface area contributed by atoms with Crippen molar-refractivity contribution in [3.05, 3.63) is 41.3 Å². The zero-order valence-electron chi connectivity index (χ0n) is 22.5. The molecule has 0 amide bonds. The Labute approximate surface area is 217 Å². The van der Waals surface area contributed by atoms with E-state index in [0.29, 0.717) is 0 Å². The van der Waals surface area contributed by atoms with Crippen molar-refractivity contribution in [3.63, 3.8) is 0 Å². The number of aromatic nitrogens is 1. The van der Waals surface area contributed by atoms with Crippen molar-refractivity contribution >= 4 is 27.2 Å². The first kappa shape index (κ1) is 27.6. The van der Waals surface area contributed by atoms with E-state index in [4.69, 9.17) is 4.98 Å². The number of unbranched alkanes of at least 4 members (excludes halogenated alkanes) is 14. The van der Waals surface area contributed by atoms with Gasteiger partial charge in [-0.05, 0) is 48.7 Å². The first-order valence-electron chi connectivity index (χ1n) is 14.2. The molecule has 192 valence electrons. The van der Waals surface area contributed by atoms with Crippen LogP contribution in [0.1, 0.15) is 109 Å². The van der Waals surface area contributed by atoms with E-state index in [0.717, 1.165) is 28.7 Å². The monoisotopic (exact) mass is 493 g/mol. The Hall–Kier alpha value is -1.94. The van der Waals surface area contributed by atoms with E-state index in [-0.39, 0.29) is 0 Å². The minimum absolute atomic E-state index is 1.07. The van der Waals surface area contributed by atoms with E-state index in [1.165, 1.54) is 111 Å². The van der Waals surface area contributed by atoms with Gasteiger partial charge in [-0.1, -0.05) is 96.8 Å². The Morgan fingerprint density at radius 1 is 0.771 bits per heavy atom. The minimum atomic E-state index is 1.07. The highest BCUT2D eigenvalue weighted by molar-refractivity contribution is 7.21. The molecule has 0 fully saturated rings. The van der Waals surface area contributed by atoms with Crippen molar-refractivity contribution in [2.75, 3.05) is 19.4 Å². The van der Waals surface area contributed by atoms with Crippen LogP contribution in [0.25, 0.3) is 20.8 Å². The molecule has 1 heterocycles. The molecule has 1 aromatic carbocycles. The Kier molecular flexibility index (Phi) is 12.6. The van der Waals surface area contributed by atoms with Crippen LogP contribution < -0.4 is 10.7 Å². The van der Waals surface area contributed by atoms with Crippen molar-refractivity contribution in [1.82, 2.24) is 4.98 Å². The van der Waals surface area contributed by atoms with Gasteiger partial charge in [0.05, 0.1) is 26.1 Å². The van der Waals surface area contributed by atoms with Gasteiger partial charge in [0.2, 0.25) is 0 Å². The molecule has 4 heteroatoms. The molecule has 3 rings (SSSR count). The largest absolute Gasteiger partial charge is 0.388 e. The molecule has 35 heavy (non-hydrogen) atoms. The first-order chi connectivity index (χ1) is 17.2. The van der Waals surface area contributed by atoms with Crippen LogP contribution in [0.4, 0.5) is 5.69 Å². The van der Waals surface area contributed by atoms with Gasteiger partial charge in [0, 0.05) is 19.8 Å². The third-order valence-electron chi connectivity index (χ3n) is 7.16. The maximum atomic E-state index is 4.95. The van der Waals surface area contributed by atoms with Crippen molar-refractivity contribution in [2.24, 2.45) is 4.99 Å². The Morgan fingerprint density at radius 2 is 1.37 bits per heavy atom. The molecule has 2 aliphatic rings. The third-order valence-corrected chi connectivity index (χ3v) is 8.25. The number of hydrogen-bond acceptors (Lipinski definition) is 4. The fraction of sp³-hybridized carbons (Fsp3) is 0.613. The highest BCUT2D eigenvalue weighted by Gasteiger charge is 2.11. The Morgan fingerprint density at radius 3 is 1.94 bits per heavy atom. The van der Waals surface area contributed by atoms with Crippen molar-refractivity contribution in [2.45, 2.75) is 110 Å². The highest BCUT2D eigenvalue weighted by Crippen LogP contribution is 2.31. The predicted molar refractivity (Wildman–Crippen MR) is 156 cm³/mol. The summed E-state index contributed by atoms with van der Waals surface area (Å²) in [7, 11) is 3.87. The van der Waals surface area contributed by atoms with E-state index >= 15 is 0 Å². The molecular formula is C31H47N3S. The van der Waals surface area contributed by atoms with Crippen molar-refractivity contribution < 1.29 is 0 Å². The van der Waals surface area contributed by atoms with Gasteiger partial charge in [0.1, 0.15) is 0 Å². The zero-order valence-corrected chi connectivity index (χ0v) is 23.3. The normalized spacial score (nSPS) is 12.1. The topological polar surface area (TPSA) is 37.3 Å². The lowest BCUT2D eigenvalue weighted by Gasteiger charge is -2.11. The van der Waals surface area contributed by atoms with Gasteiger partial charge in [-0.3, -0.25) is 4.99 Å². The fourth-order valence-corrected chi connectivity index (χ4v) is 5.98. The van der Waals surface area contributed by atoms with Gasteiger partial charge in [-0.2, -0.15) is 0 Å². The molecule has 1 aromatic rings. The number of fused-ring (bicyclic) bond motifs is 2. The average molecular weight is 494 g/mol. The zero-order chi connectivity index (χ0) is 24.7. The second kappa shape index (κ2) is 15.9. The number of hydrogen-bond donors (Lipinski definition) is 1. The lowest BCUT2D eigenvalue weighted by Crippen LogP contribution is -2.11. The SMILES string of the molecule is CCCCCCCCCCCCCCCCCc1cc2nc3ccc(NC)cc3sc-2c/c1=N/C. The van der Waals surface area contributed by atoms with E-state index in [9.17, 15) is 0 Å². The maximum absolute atomic E-state index is 4.95. The molecule has 1 aliphatic carbocycles. The number of benzene rings is 2.